The largest absolute Gasteiger partial charge is 0.293 e. The summed E-state index contributed by atoms with van der Waals surface area (Å²) < 4.78 is 3.82. The van der Waals surface area contributed by atoms with Gasteiger partial charge in [0.25, 0.3) is 0 Å². The molecule has 3 aromatic rings. The molecule has 7 heteroatoms. The van der Waals surface area contributed by atoms with E-state index in [2.05, 4.69) is 54.0 Å². The van der Waals surface area contributed by atoms with Crippen LogP contribution in [-0.2, 0) is 6.54 Å². The first-order chi connectivity index (χ1) is 13.2. The zero-order chi connectivity index (χ0) is 18.8. The molecule has 0 aliphatic carbocycles. The van der Waals surface area contributed by atoms with Crippen LogP contribution < -0.4 is 0 Å². The van der Waals surface area contributed by atoms with Crippen LogP contribution in [0.4, 0.5) is 0 Å². The van der Waals surface area contributed by atoms with E-state index in [1.54, 1.807) is 17.3 Å². The number of likely N-dealkylation sites (tertiary alicyclic amines) is 1. The van der Waals surface area contributed by atoms with Crippen LogP contribution in [0.1, 0.15) is 55.0 Å². The molecule has 0 bridgehead atoms. The summed E-state index contributed by atoms with van der Waals surface area (Å²) >= 11 is 0. The highest BCUT2D eigenvalue weighted by molar-refractivity contribution is 5.42. The molecule has 1 aliphatic rings. The lowest BCUT2D eigenvalue weighted by Crippen LogP contribution is -2.27. The van der Waals surface area contributed by atoms with Gasteiger partial charge in [0, 0.05) is 0 Å². The Morgan fingerprint density at radius 1 is 1.15 bits per heavy atom. The van der Waals surface area contributed by atoms with Crippen LogP contribution in [0.3, 0.4) is 0 Å². The molecule has 142 valence electrons. The Labute approximate surface area is 160 Å². The molecule has 7 nitrogen and oxygen atoms in total. The highest BCUT2D eigenvalue weighted by atomic mass is 15.4. The Balaban J connectivity index is 1.77. The predicted molar refractivity (Wildman–Crippen MR) is 104 cm³/mol. The molecule has 1 unspecified atom stereocenters. The minimum atomic E-state index is 0.283. The maximum atomic E-state index is 4.96. The molecule has 0 spiro atoms. The van der Waals surface area contributed by atoms with Crippen molar-refractivity contribution in [3.05, 3.63) is 53.6 Å². The zero-order valence-electron chi connectivity index (χ0n) is 16.3. The molecule has 1 saturated heterocycles. The average Bonchev–Trinajstić information content (AvgIpc) is 3.39. The van der Waals surface area contributed by atoms with Crippen molar-refractivity contribution >= 4 is 0 Å². The van der Waals surface area contributed by atoms with Crippen molar-refractivity contribution in [3.63, 3.8) is 0 Å². The molecule has 3 heterocycles. The second kappa shape index (κ2) is 7.60. The monoisotopic (exact) mass is 365 g/mol. The number of rotatable bonds is 6. The molecule has 4 rings (SSSR count). The molecular formula is C20H27N7. The van der Waals surface area contributed by atoms with Gasteiger partial charge in [-0.3, -0.25) is 4.90 Å². The van der Waals surface area contributed by atoms with Crippen LogP contribution in [0.25, 0.3) is 5.69 Å². The van der Waals surface area contributed by atoms with Gasteiger partial charge in [0.2, 0.25) is 0 Å². The first kappa shape index (κ1) is 17.9. The molecular weight excluding hydrogens is 338 g/mol. The lowest BCUT2D eigenvalue weighted by atomic mass is 10.1. The van der Waals surface area contributed by atoms with E-state index in [0.29, 0.717) is 6.54 Å². The highest BCUT2D eigenvalue weighted by Crippen LogP contribution is 2.29. The van der Waals surface area contributed by atoms with Gasteiger partial charge in [-0.25, -0.2) is 19.3 Å². The fourth-order valence-corrected chi connectivity index (χ4v) is 3.99. The third-order valence-corrected chi connectivity index (χ3v) is 5.29. The number of aromatic nitrogens is 6. The van der Waals surface area contributed by atoms with Crippen molar-refractivity contribution < 1.29 is 0 Å². The highest BCUT2D eigenvalue weighted by Gasteiger charge is 2.28. The van der Waals surface area contributed by atoms with Gasteiger partial charge >= 0.3 is 0 Å². The summed E-state index contributed by atoms with van der Waals surface area (Å²) in [6.07, 6.45) is 6.79. The maximum Gasteiger partial charge on any atom is 0.172 e. The summed E-state index contributed by atoms with van der Waals surface area (Å²) in [5, 5.41) is 9.08. The first-order valence-electron chi connectivity index (χ1n) is 9.75. The van der Waals surface area contributed by atoms with E-state index in [9.17, 15) is 0 Å². The molecule has 1 atom stereocenters. The Bertz CT molecular complexity index is 891. The number of benzene rings is 1. The van der Waals surface area contributed by atoms with Crippen molar-refractivity contribution in [1.82, 2.24) is 34.4 Å². The van der Waals surface area contributed by atoms with Gasteiger partial charge < -0.3 is 0 Å². The smallest absolute Gasteiger partial charge is 0.172 e. The summed E-state index contributed by atoms with van der Waals surface area (Å²) in [5.74, 6) is 1.80. The van der Waals surface area contributed by atoms with Crippen molar-refractivity contribution in [2.45, 2.75) is 52.6 Å². The van der Waals surface area contributed by atoms with E-state index in [1.807, 2.05) is 4.68 Å². The average molecular weight is 365 g/mol. The fraction of sp³-hybridized carbons (Fsp3) is 0.500. The summed E-state index contributed by atoms with van der Waals surface area (Å²) in [7, 11) is 0. The number of hydrogen-bond acceptors (Lipinski definition) is 5. The second-order valence-electron chi connectivity index (χ2n) is 7.35. The van der Waals surface area contributed by atoms with Crippen molar-refractivity contribution in [2.75, 3.05) is 13.1 Å². The molecule has 1 aromatic carbocycles. The lowest BCUT2D eigenvalue weighted by Gasteiger charge is -2.26. The van der Waals surface area contributed by atoms with E-state index in [1.165, 1.54) is 24.0 Å². The summed E-state index contributed by atoms with van der Waals surface area (Å²) in [6.45, 7) is 9.30. The van der Waals surface area contributed by atoms with Crippen LogP contribution in [0.2, 0.25) is 0 Å². The molecule has 0 saturated carbocycles. The molecule has 0 N–H and O–H groups in total. The van der Waals surface area contributed by atoms with Crippen molar-refractivity contribution in [1.29, 1.82) is 0 Å². The van der Waals surface area contributed by atoms with Gasteiger partial charge in [-0.15, -0.1) is 5.10 Å². The summed E-state index contributed by atoms with van der Waals surface area (Å²) in [6, 6.07) is 6.78. The number of nitrogens with zero attached hydrogens (tertiary/aromatic N) is 7. The third-order valence-electron chi connectivity index (χ3n) is 5.29. The third kappa shape index (κ3) is 3.64. The van der Waals surface area contributed by atoms with E-state index >= 15 is 0 Å². The summed E-state index contributed by atoms with van der Waals surface area (Å²) in [5.41, 5.74) is 3.57. The Kier molecular flexibility index (Phi) is 5.03. The zero-order valence-corrected chi connectivity index (χ0v) is 16.3. The van der Waals surface area contributed by atoms with Crippen molar-refractivity contribution in [3.8, 4) is 5.69 Å². The Hall–Kier alpha value is -2.54. The lowest BCUT2D eigenvalue weighted by molar-refractivity contribution is 0.227. The van der Waals surface area contributed by atoms with Crippen LogP contribution >= 0.6 is 0 Å². The van der Waals surface area contributed by atoms with E-state index < -0.39 is 0 Å². The minimum absolute atomic E-state index is 0.283. The molecule has 2 aromatic heterocycles. The normalized spacial score (nSPS) is 16.1. The first-order valence-corrected chi connectivity index (χ1v) is 9.75. The summed E-state index contributed by atoms with van der Waals surface area (Å²) in [4.78, 5) is 11.5. The molecule has 1 aliphatic heterocycles. The topological polar surface area (TPSA) is 64.7 Å². The fourth-order valence-electron chi connectivity index (χ4n) is 3.99. The molecule has 1 fully saturated rings. The molecule has 27 heavy (non-hydrogen) atoms. The van der Waals surface area contributed by atoms with Crippen LogP contribution in [0.15, 0.2) is 30.9 Å². The number of aryl methyl sites for hydroxylation is 2. The molecule has 0 radical (unpaired) electrons. The van der Waals surface area contributed by atoms with E-state index in [0.717, 1.165) is 36.8 Å². The maximum absolute atomic E-state index is 4.96. The van der Waals surface area contributed by atoms with Crippen LogP contribution in [-0.4, -0.2) is 47.5 Å². The minimum Gasteiger partial charge on any atom is -0.293 e. The SMILES string of the molecule is CCC(c1nc(Cn2cncn2)nn1-c1ccc(C)cc1C)N1CCCC1. The van der Waals surface area contributed by atoms with Crippen molar-refractivity contribution in [2.24, 2.45) is 0 Å². The van der Waals surface area contributed by atoms with Gasteiger partial charge in [-0.2, -0.15) is 5.10 Å². The van der Waals surface area contributed by atoms with E-state index in [-0.39, 0.29) is 6.04 Å². The van der Waals surface area contributed by atoms with E-state index in [4.69, 9.17) is 10.1 Å². The van der Waals surface area contributed by atoms with Gasteiger partial charge in [0.1, 0.15) is 25.0 Å². The van der Waals surface area contributed by atoms with Gasteiger partial charge in [0.05, 0.1) is 11.7 Å². The van der Waals surface area contributed by atoms with Crippen LogP contribution in [0.5, 0.6) is 0 Å². The van der Waals surface area contributed by atoms with Gasteiger partial charge in [0.15, 0.2) is 5.82 Å². The van der Waals surface area contributed by atoms with Gasteiger partial charge in [-0.1, -0.05) is 24.6 Å². The number of hydrogen-bond donors (Lipinski definition) is 0. The molecule has 0 amide bonds. The van der Waals surface area contributed by atoms with Gasteiger partial charge in [-0.05, 0) is 57.8 Å². The van der Waals surface area contributed by atoms with Crippen LogP contribution in [0, 0.1) is 13.8 Å². The predicted octanol–water partition coefficient (Wildman–Crippen LogP) is 3.07. The Morgan fingerprint density at radius 2 is 1.96 bits per heavy atom. The standard InChI is InChI=1S/C20H27N7/c1-4-17(25-9-5-6-10-25)20-23-19(12-26-14-21-13-22-26)24-27(20)18-8-7-15(2)11-16(18)3/h7-8,11,13-14,17H,4-6,9-10,12H2,1-3H3. The Morgan fingerprint density at radius 3 is 2.63 bits per heavy atom. The second-order valence-corrected chi connectivity index (χ2v) is 7.35. The quantitative estimate of drug-likeness (QED) is 0.672.